The highest BCUT2D eigenvalue weighted by Crippen LogP contribution is 2.20. The molecule has 82 valence electrons. The van der Waals surface area contributed by atoms with Crippen molar-refractivity contribution in [3.05, 3.63) is 0 Å². The molecule has 0 amide bonds. The van der Waals surface area contributed by atoms with Crippen LogP contribution in [0.1, 0.15) is 25.7 Å². The van der Waals surface area contributed by atoms with E-state index in [-0.39, 0.29) is 5.92 Å². The van der Waals surface area contributed by atoms with E-state index >= 15 is 0 Å². The van der Waals surface area contributed by atoms with Crippen LogP contribution in [0.2, 0.25) is 0 Å². The molecule has 0 saturated heterocycles. The second-order valence-corrected chi connectivity index (χ2v) is 4.16. The number of carbonyl (C=O) groups is 1. The molecule has 3 nitrogen and oxygen atoms in total. The Morgan fingerprint density at radius 2 is 2.29 bits per heavy atom. The fourth-order valence-corrected chi connectivity index (χ4v) is 1.96. The zero-order chi connectivity index (χ0) is 10.4. The van der Waals surface area contributed by atoms with E-state index in [4.69, 9.17) is 4.74 Å². The first-order valence-corrected chi connectivity index (χ1v) is 5.44. The van der Waals surface area contributed by atoms with Crippen LogP contribution in [-0.2, 0) is 9.53 Å². The van der Waals surface area contributed by atoms with Gasteiger partial charge in [-0.15, -0.1) is 0 Å². The van der Waals surface area contributed by atoms with Crippen LogP contribution in [0.25, 0.3) is 0 Å². The van der Waals surface area contributed by atoms with Gasteiger partial charge in [-0.3, -0.25) is 4.79 Å². The van der Waals surface area contributed by atoms with Crippen molar-refractivity contribution in [2.45, 2.75) is 25.7 Å². The predicted molar refractivity (Wildman–Crippen MR) is 56.3 cm³/mol. The number of rotatable bonds is 5. The number of ketones is 1. The number of Topliss-reactive ketones (excluding diaryl/α,β-unsaturated/α-hetero) is 1. The number of hydrogen-bond acceptors (Lipinski definition) is 3. The first-order chi connectivity index (χ1) is 6.74. The number of nitrogens with zero attached hydrogens (tertiary/aromatic N) is 1. The number of carbonyl (C=O) groups excluding carboxylic acids is 1. The maximum Gasteiger partial charge on any atom is 0.137 e. The molecule has 0 radical (unpaired) electrons. The normalized spacial score (nSPS) is 23.1. The minimum Gasteiger partial charge on any atom is -0.383 e. The minimum absolute atomic E-state index is 0.283. The zero-order valence-electron chi connectivity index (χ0n) is 9.29. The first kappa shape index (κ1) is 11.7. The van der Waals surface area contributed by atoms with E-state index in [1.54, 1.807) is 7.11 Å². The molecule has 1 atom stereocenters. The van der Waals surface area contributed by atoms with E-state index in [2.05, 4.69) is 11.9 Å². The molecule has 14 heavy (non-hydrogen) atoms. The third-order valence-electron chi connectivity index (χ3n) is 2.89. The molecule has 0 aromatic carbocycles. The van der Waals surface area contributed by atoms with Crippen molar-refractivity contribution in [2.24, 2.45) is 5.92 Å². The molecule has 1 unspecified atom stereocenters. The molecule has 0 aliphatic heterocycles. The lowest BCUT2D eigenvalue weighted by molar-refractivity contribution is -0.125. The average molecular weight is 199 g/mol. The largest absolute Gasteiger partial charge is 0.383 e. The molecule has 0 heterocycles. The van der Waals surface area contributed by atoms with Gasteiger partial charge in [0, 0.05) is 32.5 Å². The van der Waals surface area contributed by atoms with Crippen molar-refractivity contribution in [1.82, 2.24) is 4.90 Å². The number of hydrogen-bond donors (Lipinski definition) is 0. The Balaban J connectivity index is 2.23. The first-order valence-electron chi connectivity index (χ1n) is 5.44. The fourth-order valence-electron chi connectivity index (χ4n) is 1.96. The predicted octanol–water partition coefficient (Wildman–Crippen LogP) is 1.32. The maximum absolute atomic E-state index is 11.5. The highest BCUT2D eigenvalue weighted by atomic mass is 16.5. The third kappa shape index (κ3) is 3.76. The maximum atomic E-state index is 11.5. The van der Waals surface area contributed by atoms with Gasteiger partial charge in [-0.05, 0) is 19.9 Å². The van der Waals surface area contributed by atoms with Crippen molar-refractivity contribution in [2.75, 3.05) is 33.9 Å². The summed E-state index contributed by atoms with van der Waals surface area (Å²) >= 11 is 0. The molecule has 1 fully saturated rings. The van der Waals surface area contributed by atoms with Gasteiger partial charge >= 0.3 is 0 Å². The molecule has 1 rings (SSSR count). The van der Waals surface area contributed by atoms with E-state index in [0.29, 0.717) is 5.78 Å². The molecule has 1 saturated carbocycles. The van der Waals surface area contributed by atoms with Crippen molar-refractivity contribution in [3.63, 3.8) is 0 Å². The smallest absolute Gasteiger partial charge is 0.137 e. The summed E-state index contributed by atoms with van der Waals surface area (Å²) in [7, 11) is 3.76. The number of likely N-dealkylation sites (N-methyl/N-ethyl adjacent to an activating group) is 1. The molecule has 0 spiro atoms. The highest BCUT2D eigenvalue weighted by Gasteiger charge is 2.22. The SMILES string of the molecule is COCCN(C)CC1CCCCC1=O. The standard InChI is InChI=1S/C11H21NO2/c1-12(7-8-14-2)9-10-5-3-4-6-11(10)13/h10H,3-9H2,1-2H3. The van der Waals surface area contributed by atoms with Crippen molar-refractivity contribution < 1.29 is 9.53 Å². The van der Waals surface area contributed by atoms with Gasteiger partial charge in [0.2, 0.25) is 0 Å². The Bertz CT molecular complexity index is 182. The van der Waals surface area contributed by atoms with Gasteiger partial charge in [0.1, 0.15) is 5.78 Å². The van der Waals surface area contributed by atoms with Crippen molar-refractivity contribution in [1.29, 1.82) is 0 Å². The van der Waals surface area contributed by atoms with E-state index in [1.165, 1.54) is 6.42 Å². The Kier molecular flexibility index (Phi) is 5.12. The second-order valence-electron chi connectivity index (χ2n) is 4.16. The molecule has 1 aliphatic rings. The molecule has 0 bridgehead atoms. The molecule has 0 N–H and O–H groups in total. The van der Waals surface area contributed by atoms with Crippen LogP contribution in [0.3, 0.4) is 0 Å². The van der Waals surface area contributed by atoms with Gasteiger partial charge < -0.3 is 9.64 Å². The molecule has 3 heteroatoms. The van der Waals surface area contributed by atoms with Crippen molar-refractivity contribution >= 4 is 5.78 Å². The van der Waals surface area contributed by atoms with Gasteiger partial charge in [0.25, 0.3) is 0 Å². The van der Waals surface area contributed by atoms with Crippen LogP contribution in [-0.4, -0.2) is 44.5 Å². The van der Waals surface area contributed by atoms with E-state index in [9.17, 15) is 4.79 Å². The van der Waals surface area contributed by atoms with Crippen molar-refractivity contribution in [3.8, 4) is 0 Å². The lowest BCUT2D eigenvalue weighted by atomic mass is 9.88. The van der Waals surface area contributed by atoms with E-state index in [0.717, 1.165) is 39.0 Å². The van der Waals surface area contributed by atoms with Crippen LogP contribution in [0.15, 0.2) is 0 Å². The van der Waals surface area contributed by atoms with Gasteiger partial charge in [0.15, 0.2) is 0 Å². The molecular formula is C11H21NO2. The quantitative estimate of drug-likeness (QED) is 0.669. The van der Waals surface area contributed by atoms with Gasteiger partial charge in [0.05, 0.1) is 6.61 Å². The molecular weight excluding hydrogens is 178 g/mol. The van der Waals surface area contributed by atoms with Crippen LogP contribution in [0.5, 0.6) is 0 Å². The van der Waals surface area contributed by atoms with E-state index in [1.807, 2.05) is 0 Å². The Morgan fingerprint density at radius 1 is 1.50 bits per heavy atom. The van der Waals surface area contributed by atoms with Gasteiger partial charge in [-0.25, -0.2) is 0 Å². The monoisotopic (exact) mass is 199 g/mol. The summed E-state index contributed by atoms with van der Waals surface area (Å²) in [6, 6.07) is 0. The second kappa shape index (κ2) is 6.14. The summed E-state index contributed by atoms with van der Waals surface area (Å²) in [6.07, 6.45) is 4.19. The summed E-state index contributed by atoms with van der Waals surface area (Å²) in [4.78, 5) is 13.7. The Morgan fingerprint density at radius 3 is 2.93 bits per heavy atom. The van der Waals surface area contributed by atoms with Gasteiger partial charge in [-0.1, -0.05) is 6.42 Å². The van der Waals surface area contributed by atoms with Crippen LogP contribution >= 0.6 is 0 Å². The highest BCUT2D eigenvalue weighted by molar-refractivity contribution is 5.81. The number of ether oxygens (including phenoxy) is 1. The summed E-state index contributed by atoms with van der Waals surface area (Å²) in [5, 5.41) is 0. The lowest BCUT2D eigenvalue weighted by Gasteiger charge is -2.25. The summed E-state index contributed by atoms with van der Waals surface area (Å²) in [6.45, 7) is 2.57. The van der Waals surface area contributed by atoms with Crippen LogP contribution in [0.4, 0.5) is 0 Å². The topological polar surface area (TPSA) is 29.5 Å². The minimum atomic E-state index is 0.283. The average Bonchev–Trinajstić information content (AvgIpc) is 2.18. The summed E-state index contributed by atoms with van der Waals surface area (Å²) < 4.78 is 5.00. The lowest BCUT2D eigenvalue weighted by Crippen LogP contribution is -2.34. The number of methoxy groups -OCH3 is 1. The van der Waals surface area contributed by atoms with Crippen LogP contribution < -0.4 is 0 Å². The Labute approximate surface area is 86.4 Å². The summed E-state index contributed by atoms with van der Waals surface area (Å²) in [5.41, 5.74) is 0. The van der Waals surface area contributed by atoms with Crippen LogP contribution in [0, 0.1) is 5.92 Å². The third-order valence-corrected chi connectivity index (χ3v) is 2.89. The van der Waals surface area contributed by atoms with Gasteiger partial charge in [-0.2, -0.15) is 0 Å². The van der Waals surface area contributed by atoms with E-state index < -0.39 is 0 Å². The Hall–Kier alpha value is -0.410. The summed E-state index contributed by atoms with van der Waals surface area (Å²) in [5.74, 6) is 0.742. The molecule has 0 aromatic heterocycles. The molecule has 1 aliphatic carbocycles. The molecule has 0 aromatic rings. The zero-order valence-corrected chi connectivity index (χ0v) is 9.29. The fraction of sp³-hybridized carbons (Fsp3) is 0.909.